The Bertz CT molecular complexity index is 636. The fraction of sp³-hybridized carbons (Fsp3) is 0.533. The zero-order chi connectivity index (χ0) is 15.5. The molecule has 1 N–H and O–H groups in total. The minimum Gasteiger partial charge on any atom is -0.315 e. The lowest BCUT2D eigenvalue weighted by atomic mass is 10.0. The third-order valence-corrected chi connectivity index (χ3v) is 4.89. The van der Waals surface area contributed by atoms with Gasteiger partial charge in [-0.25, -0.2) is 9.78 Å². The summed E-state index contributed by atoms with van der Waals surface area (Å²) in [5, 5.41) is 10.4. The number of thiazole rings is 1. The van der Waals surface area contributed by atoms with Crippen LogP contribution in [-0.2, 0) is 6.54 Å². The molecule has 2 amide bonds. The van der Waals surface area contributed by atoms with E-state index in [1.165, 1.54) is 0 Å². The third-order valence-electron chi connectivity index (χ3n) is 4.01. The van der Waals surface area contributed by atoms with Crippen LogP contribution in [0.15, 0.2) is 17.8 Å². The number of carbonyl (C=O) groups excluding carboxylic acids is 1. The van der Waals surface area contributed by atoms with Gasteiger partial charge in [0.2, 0.25) is 0 Å². The smallest absolute Gasteiger partial charge is 0.315 e. The molecule has 0 saturated carbocycles. The Morgan fingerprint density at radius 3 is 3.05 bits per heavy atom. The third kappa shape index (κ3) is 2.99. The molecule has 0 aliphatic carbocycles. The SMILES string of the molecule is CCn1cc(NC(=O)N2CCCC[C@H]2c2nccs2)c(C)n1. The zero-order valence-electron chi connectivity index (χ0n) is 13.0. The highest BCUT2D eigenvalue weighted by atomic mass is 32.1. The minimum atomic E-state index is -0.0568. The van der Waals surface area contributed by atoms with Crippen LogP contribution in [0.1, 0.15) is 42.9 Å². The lowest BCUT2D eigenvalue weighted by molar-refractivity contribution is 0.163. The van der Waals surface area contributed by atoms with Gasteiger partial charge in [0.25, 0.3) is 0 Å². The highest BCUT2D eigenvalue weighted by Gasteiger charge is 2.30. The first-order chi connectivity index (χ1) is 10.7. The van der Waals surface area contributed by atoms with Crippen LogP contribution in [-0.4, -0.2) is 32.2 Å². The summed E-state index contributed by atoms with van der Waals surface area (Å²) in [6.07, 6.45) is 6.85. The van der Waals surface area contributed by atoms with Gasteiger partial charge in [-0.2, -0.15) is 5.10 Å². The topological polar surface area (TPSA) is 63.1 Å². The number of hydrogen-bond donors (Lipinski definition) is 1. The number of likely N-dealkylation sites (tertiary alicyclic amines) is 1. The van der Waals surface area contributed by atoms with Crippen molar-refractivity contribution < 1.29 is 4.79 Å². The molecule has 1 aliphatic rings. The van der Waals surface area contributed by atoms with Crippen molar-refractivity contribution in [3.05, 3.63) is 28.5 Å². The van der Waals surface area contributed by atoms with Gasteiger partial charge in [0.05, 0.1) is 17.4 Å². The summed E-state index contributed by atoms with van der Waals surface area (Å²) in [5.74, 6) is 0. The van der Waals surface area contributed by atoms with Crippen molar-refractivity contribution in [1.82, 2.24) is 19.7 Å². The number of rotatable bonds is 3. The second kappa shape index (κ2) is 6.48. The summed E-state index contributed by atoms with van der Waals surface area (Å²) in [4.78, 5) is 19.0. The number of nitrogens with zero attached hydrogens (tertiary/aromatic N) is 4. The van der Waals surface area contributed by atoms with Gasteiger partial charge in [0.15, 0.2) is 0 Å². The molecule has 2 aromatic heterocycles. The predicted octanol–water partition coefficient (Wildman–Crippen LogP) is 3.43. The molecule has 7 heteroatoms. The molecule has 0 radical (unpaired) electrons. The molecule has 6 nitrogen and oxygen atoms in total. The normalized spacial score (nSPS) is 18.5. The van der Waals surface area contributed by atoms with Gasteiger partial charge >= 0.3 is 6.03 Å². The maximum Gasteiger partial charge on any atom is 0.322 e. The Hall–Kier alpha value is -1.89. The van der Waals surface area contributed by atoms with Crippen LogP contribution >= 0.6 is 11.3 Å². The molecule has 118 valence electrons. The quantitative estimate of drug-likeness (QED) is 0.942. The first-order valence-electron chi connectivity index (χ1n) is 7.70. The van der Waals surface area contributed by atoms with Gasteiger partial charge in [-0.05, 0) is 33.1 Å². The number of aryl methyl sites for hydroxylation is 2. The van der Waals surface area contributed by atoms with Crippen molar-refractivity contribution >= 4 is 23.1 Å². The summed E-state index contributed by atoms with van der Waals surface area (Å²) in [6.45, 7) is 5.51. The Morgan fingerprint density at radius 1 is 1.50 bits per heavy atom. The molecule has 0 bridgehead atoms. The summed E-state index contributed by atoms with van der Waals surface area (Å²) < 4.78 is 1.83. The summed E-state index contributed by atoms with van der Waals surface area (Å²) in [5.41, 5.74) is 1.63. The molecule has 1 saturated heterocycles. The Balaban J connectivity index is 1.75. The minimum absolute atomic E-state index is 0.0568. The Morgan fingerprint density at radius 2 is 2.36 bits per heavy atom. The number of carbonyl (C=O) groups is 1. The van der Waals surface area contributed by atoms with Crippen molar-refractivity contribution in [3.8, 4) is 0 Å². The Kier molecular flexibility index (Phi) is 4.42. The summed E-state index contributed by atoms with van der Waals surface area (Å²) >= 11 is 1.62. The number of nitrogens with one attached hydrogen (secondary N) is 1. The number of piperidine rings is 1. The molecule has 22 heavy (non-hydrogen) atoms. The molecular formula is C15H21N5OS. The van der Waals surface area contributed by atoms with Crippen LogP contribution in [0.4, 0.5) is 10.5 Å². The summed E-state index contributed by atoms with van der Waals surface area (Å²) in [6, 6.07) is 0.0360. The van der Waals surface area contributed by atoms with Crippen molar-refractivity contribution in [2.75, 3.05) is 11.9 Å². The molecule has 1 atom stereocenters. The van der Waals surface area contributed by atoms with E-state index in [2.05, 4.69) is 15.4 Å². The van der Waals surface area contributed by atoms with Crippen LogP contribution in [0.5, 0.6) is 0 Å². The average molecular weight is 319 g/mol. The Labute approximate surface area is 134 Å². The molecule has 1 aliphatic heterocycles. The fourth-order valence-corrected chi connectivity index (χ4v) is 3.61. The van der Waals surface area contributed by atoms with E-state index in [9.17, 15) is 4.79 Å². The van der Waals surface area contributed by atoms with E-state index < -0.39 is 0 Å². The molecular weight excluding hydrogens is 298 g/mol. The van der Waals surface area contributed by atoms with Crippen molar-refractivity contribution in [2.24, 2.45) is 0 Å². The van der Waals surface area contributed by atoms with Crippen LogP contribution < -0.4 is 5.32 Å². The number of anilines is 1. The van der Waals surface area contributed by atoms with Gasteiger partial charge in [-0.15, -0.1) is 11.3 Å². The van der Waals surface area contributed by atoms with Crippen molar-refractivity contribution in [1.29, 1.82) is 0 Å². The van der Waals surface area contributed by atoms with E-state index in [1.807, 2.05) is 35.0 Å². The lowest BCUT2D eigenvalue weighted by Gasteiger charge is -2.34. The van der Waals surface area contributed by atoms with Gasteiger partial charge in [0.1, 0.15) is 5.01 Å². The first kappa shape index (κ1) is 15.0. The van der Waals surface area contributed by atoms with E-state index in [-0.39, 0.29) is 12.1 Å². The summed E-state index contributed by atoms with van der Waals surface area (Å²) in [7, 11) is 0. The maximum absolute atomic E-state index is 12.7. The second-order valence-corrected chi connectivity index (χ2v) is 6.42. The van der Waals surface area contributed by atoms with E-state index >= 15 is 0 Å². The first-order valence-corrected chi connectivity index (χ1v) is 8.58. The van der Waals surface area contributed by atoms with Crippen LogP contribution in [0.25, 0.3) is 0 Å². The van der Waals surface area contributed by atoms with E-state index in [0.717, 1.165) is 48.7 Å². The van der Waals surface area contributed by atoms with Crippen LogP contribution in [0.3, 0.4) is 0 Å². The van der Waals surface area contributed by atoms with Crippen molar-refractivity contribution in [2.45, 2.75) is 45.7 Å². The van der Waals surface area contributed by atoms with E-state index in [4.69, 9.17) is 0 Å². The molecule has 0 spiro atoms. The highest BCUT2D eigenvalue weighted by Crippen LogP contribution is 2.32. The van der Waals surface area contributed by atoms with Gasteiger partial charge in [-0.3, -0.25) is 4.68 Å². The molecule has 3 heterocycles. The molecule has 3 rings (SSSR count). The zero-order valence-corrected chi connectivity index (χ0v) is 13.8. The molecule has 0 aromatic carbocycles. The number of amides is 2. The van der Waals surface area contributed by atoms with Gasteiger partial charge < -0.3 is 10.2 Å². The fourth-order valence-electron chi connectivity index (χ4n) is 2.82. The number of hydrogen-bond acceptors (Lipinski definition) is 4. The van der Waals surface area contributed by atoms with E-state index in [1.54, 1.807) is 17.5 Å². The molecule has 2 aromatic rings. The lowest BCUT2D eigenvalue weighted by Crippen LogP contribution is -2.41. The largest absolute Gasteiger partial charge is 0.322 e. The van der Waals surface area contributed by atoms with E-state index in [0.29, 0.717) is 0 Å². The maximum atomic E-state index is 12.7. The standard InChI is InChI=1S/C15H21N5OS/c1-3-19-10-12(11(2)18-19)17-15(21)20-8-5-4-6-13(20)14-16-7-9-22-14/h7,9-10,13H,3-6,8H2,1-2H3,(H,17,21)/t13-/m0/s1. The average Bonchev–Trinajstić information content (AvgIpc) is 3.17. The van der Waals surface area contributed by atoms with Crippen LogP contribution in [0.2, 0.25) is 0 Å². The number of urea groups is 1. The number of aromatic nitrogens is 3. The monoisotopic (exact) mass is 319 g/mol. The van der Waals surface area contributed by atoms with Crippen molar-refractivity contribution in [3.63, 3.8) is 0 Å². The molecule has 1 fully saturated rings. The second-order valence-electron chi connectivity index (χ2n) is 5.49. The predicted molar refractivity (Wildman–Crippen MR) is 87.1 cm³/mol. The van der Waals surface area contributed by atoms with Gasteiger partial charge in [-0.1, -0.05) is 0 Å². The van der Waals surface area contributed by atoms with Gasteiger partial charge in [0, 0.05) is 30.9 Å². The highest BCUT2D eigenvalue weighted by molar-refractivity contribution is 7.09. The van der Waals surface area contributed by atoms with Crippen LogP contribution in [0, 0.1) is 6.92 Å². The molecule has 0 unspecified atom stereocenters.